The molecule has 0 aromatic heterocycles. The Morgan fingerprint density at radius 3 is 1.45 bits per heavy atom. The highest BCUT2D eigenvalue weighted by atomic mass is 32.2. The van der Waals surface area contributed by atoms with Crippen LogP contribution in [0.3, 0.4) is 0 Å². The van der Waals surface area contributed by atoms with Crippen molar-refractivity contribution in [2.75, 3.05) is 19.8 Å². The van der Waals surface area contributed by atoms with E-state index in [1.807, 2.05) is 5.25 Å². The smallest absolute Gasteiger partial charge is 0.329 e. The summed E-state index contributed by atoms with van der Waals surface area (Å²) in [6.45, 7) is 9.04. The SMILES string of the molecule is CCCCCCCCCCCC.CCO[PH](=O)C1(P(=O)(OCC)OCC)C#CS1(=O)=O. The minimum Gasteiger partial charge on any atom is -0.329 e. The van der Waals surface area contributed by atoms with Gasteiger partial charge in [-0.2, -0.15) is 0 Å². The first-order chi connectivity index (χ1) is 14.7. The number of sulfone groups is 1. The molecule has 184 valence electrons. The van der Waals surface area contributed by atoms with Gasteiger partial charge in [0.1, 0.15) is 0 Å². The van der Waals surface area contributed by atoms with E-state index in [9.17, 15) is 17.5 Å². The van der Waals surface area contributed by atoms with Crippen molar-refractivity contribution in [3.05, 3.63) is 0 Å². The summed E-state index contributed by atoms with van der Waals surface area (Å²) in [6, 6.07) is 0. The Balaban J connectivity index is 0.000000649. The molecular formula is C21H42O7P2S. The molecule has 0 spiro atoms. The second-order valence-electron chi connectivity index (χ2n) is 7.26. The summed E-state index contributed by atoms with van der Waals surface area (Å²) in [5.41, 5.74) is 0. The quantitative estimate of drug-likeness (QED) is 0.0945. The zero-order chi connectivity index (χ0) is 23.8. The Morgan fingerprint density at radius 1 is 0.774 bits per heavy atom. The Bertz CT molecular complexity index is 708. The fraction of sp³-hybridized carbons (Fsp3) is 0.905. The van der Waals surface area contributed by atoms with E-state index in [-0.39, 0.29) is 19.8 Å². The fourth-order valence-corrected chi connectivity index (χ4v) is 9.95. The van der Waals surface area contributed by atoms with E-state index >= 15 is 0 Å². The number of hydrogen-bond donors (Lipinski definition) is 0. The van der Waals surface area contributed by atoms with Gasteiger partial charge >= 0.3 is 11.8 Å². The molecule has 2 atom stereocenters. The predicted molar refractivity (Wildman–Crippen MR) is 128 cm³/mol. The number of rotatable bonds is 17. The molecule has 0 saturated carbocycles. The largest absolute Gasteiger partial charge is 0.374 e. The van der Waals surface area contributed by atoms with Gasteiger partial charge in [0, 0.05) is 5.25 Å². The zero-order valence-electron chi connectivity index (χ0n) is 19.9. The molecule has 0 saturated heterocycles. The molecule has 0 bridgehead atoms. The van der Waals surface area contributed by atoms with Crippen molar-refractivity contribution < 1.29 is 31.1 Å². The maximum atomic E-state index is 12.7. The topological polar surface area (TPSA) is 96.0 Å². The first kappa shape index (κ1) is 30.9. The molecule has 2 unspecified atom stereocenters. The Morgan fingerprint density at radius 2 is 1.19 bits per heavy atom. The van der Waals surface area contributed by atoms with Crippen LogP contribution >= 0.6 is 15.6 Å². The summed E-state index contributed by atoms with van der Waals surface area (Å²) in [6.07, 6.45) is 14.4. The van der Waals surface area contributed by atoms with Crippen LogP contribution in [0.4, 0.5) is 0 Å². The van der Waals surface area contributed by atoms with Gasteiger partial charge in [0.2, 0.25) is 8.03 Å². The fourth-order valence-electron chi connectivity index (χ4n) is 3.07. The first-order valence-electron chi connectivity index (χ1n) is 11.6. The van der Waals surface area contributed by atoms with Crippen LogP contribution in [0, 0.1) is 11.2 Å². The molecule has 0 N–H and O–H groups in total. The zero-order valence-corrected chi connectivity index (χ0v) is 22.6. The van der Waals surface area contributed by atoms with Gasteiger partial charge in [-0.25, -0.2) is 8.42 Å². The highest BCUT2D eigenvalue weighted by Crippen LogP contribution is 2.73. The van der Waals surface area contributed by atoms with E-state index in [0.717, 1.165) is 0 Å². The molecule has 0 amide bonds. The monoisotopic (exact) mass is 500 g/mol. The van der Waals surface area contributed by atoms with Crippen LogP contribution in [0.1, 0.15) is 98.8 Å². The Labute approximate surface area is 190 Å². The molecule has 0 radical (unpaired) electrons. The number of hydrogen-bond acceptors (Lipinski definition) is 7. The Kier molecular flexibility index (Phi) is 16.4. The molecule has 7 nitrogen and oxygen atoms in total. The molecule has 1 heterocycles. The highest BCUT2D eigenvalue weighted by Gasteiger charge is 2.68. The van der Waals surface area contributed by atoms with Crippen molar-refractivity contribution in [2.24, 2.45) is 0 Å². The third kappa shape index (κ3) is 8.95. The molecule has 1 aliphatic heterocycles. The van der Waals surface area contributed by atoms with Crippen LogP contribution in [-0.2, 0) is 32.5 Å². The van der Waals surface area contributed by atoms with Gasteiger partial charge in [0.05, 0.1) is 19.8 Å². The Hall–Kier alpha value is -0.150. The molecule has 31 heavy (non-hydrogen) atoms. The van der Waals surface area contributed by atoms with E-state index in [2.05, 4.69) is 19.8 Å². The summed E-state index contributed by atoms with van der Waals surface area (Å²) < 4.78 is 61.0. The second-order valence-corrected chi connectivity index (χ2v) is 14.0. The third-order valence-electron chi connectivity index (χ3n) is 4.74. The van der Waals surface area contributed by atoms with E-state index in [0.29, 0.717) is 0 Å². The van der Waals surface area contributed by atoms with Gasteiger partial charge < -0.3 is 13.6 Å². The van der Waals surface area contributed by atoms with Gasteiger partial charge in [-0.3, -0.25) is 9.13 Å². The van der Waals surface area contributed by atoms with Crippen LogP contribution in [0.15, 0.2) is 0 Å². The van der Waals surface area contributed by atoms with Crippen LogP contribution in [0.5, 0.6) is 0 Å². The van der Waals surface area contributed by atoms with Crippen LogP contribution in [0.25, 0.3) is 0 Å². The van der Waals surface area contributed by atoms with Gasteiger partial charge in [0.15, 0.2) is 0 Å². The molecular weight excluding hydrogens is 458 g/mol. The van der Waals surface area contributed by atoms with Crippen molar-refractivity contribution in [3.63, 3.8) is 0 Å². The minimum absolute atomic E-state index is 0.00892. The van der Waals surface area contributed by atoms with E-state index in [4.69, 9.17) is 13.6 Å². The first-order valence-corrected chi connectivity index (χ1v) is 15.9. The van der Waals surface area contributed by atoms with Crippen molar-refractivity contribution in [3.8, 4) is 11.2 Å². The van der Waals surface area contributed by atoms with Crippen LogP contribution < -0.4 is 0 Å². The normalized spacial score (nSPS) is 20.0. The molecule has 1 aliphatic rings. The van der Waals surface area contributed by atoms with Crippen molar-refractivity contribution in [1.82, 2.24) is 0 Å². The maximum Gasteiger partial charge on any atom is 0.374 e. The van der Waals surface area contributed by atoms with Crippen LogP contribution in [0.2, 0.25) is 0 Å². The lowest BCUT2D eigenvalue weighted by Gasteiger charge is -2.34. The lowest BCUT2D eigenvalue weighted by atomic mass is 10.1. The molecule has 10 heteroatoms. The summed E-state index contributed by atoms with van der Waals surface area (Å²) in [7, 11) is -11.7. The standard InChI is InChI=1S/C12H26.C9H16O7P2S/c1-3-5-7-9-11-12-10-8-6-4-2;1-4-14-17(10)9(7-8-19(9,12)13)18(11,15-5-2)16-6-3/h3-12H2,1-2H3;17H,4-6H2,1-3H3. The van der Waals surface area contributed by atoms with Gasteiger partial charge in [-0.05, 0) is 26.7 Å². The van der Waals surface area contributed by atoms with E-state index < -0.39 is 29.7 Å². The number of unbranched alkanes of at least 4 members (excludes halogenated alkanes) is 9. The molecule has 0 fully saturated rings. The predicted octanol–water partition coefficient (Wildman–Crippen LogP) is 6.73. The molecule has 1 rings (SSSR count). The van der Waals surface area contributed by atoms with Gasteiger partial charge in [0.25, 0.3) is 9.84 Å². The van der Waals surface area contributed by atoms with Crippen LogP contribution in [-0.4, -0.2) is 32.5 Å². The van der Waals surface area contributed by atoms with Crippen molar-refractivity contribution >= 4 is 25.5 Å². The van der Waals surface area contributed by atoms with Crippen molar-refractivity contribution in [1.29, 1.82) is 0 Å². The molecule has 0 aliphatic carbocycles. The van der Waals surface area contributed by atoms with E-state index in [1.165, 1.54) is 78.1 Å². The lowest BCUT2D eigenvalue weighted by molar-refractivity contribution is 0.216. The molecule has 0 aromatic rings. The summed E-state index contributed by atoms with van der Waals surface area (Å²) in [5, 5.41) is 1.87. The van der Waals surface area contributed by atoms with Crippen molar-refractivity contribution in [2.45, 2.75) is 103 Å². The van der Waals surface area contributed by atoms with Gasteiger partial charge in [-0.15, -0.1) is 0 Å². The summed E-state index contributed by atoms with van der Waals surface area (Å²) >= 11 is 0. The minimum atomic E-state index is -4.22. The second kappa shape index (κ2) is 16.5. The summed E-state index contributed by atoms with van der Waals surface area (Å²) in [4.78, 5) is 0. The van der Waals surface area contributed by atoms with E-state index in [1.54, 1.807) is 6.92 Å². The third-order valence-corrected chi connectivity index (χ3v) is 13.4. The average Bonchev–Trinajstić information content (AvgIpc) is 2.70. The highest BCUT2D eigenvalue weighted by molar-refractivity contribution is 8.11. The average molecular weight is 501 g/mol. The maximum absolute atomic E-state index is 12.7. The molecule has 0 aromatic carbocycles. The lowest BCUT2D eigenvalue weighted by Crippen LogP contribution is -2.40. The van der Waals surface area contributed by atoms with Gasteiger partial charge in [-0.1, -0.05) is 78.1 Å². The summed E-state index contributed by atoms with van der Waals surface area (Å²) in [5.74, 6) is 2.20.